The molecule has 1 unspecified atom stereocenters. The van der Waals surface area contributed by atoms with Gasteiger partial charge in [-0.05, 0) is 12.5 Å². The Morgan fingerprint density at radius 3 is 2.50 bits per heavy atom. The van der Waals surface area contributed by atoms with Gasteiger partial charge in [0.2, 0.25) is 0 Å². The molecule has 2 nitrogen and oxygen atoms in total. The van der Waals surface area contributed by atoms with Crippen LogP contribution in [-0.2, 0) is 0 Å². The van der Waals surface area contributed by atoms with Crippen molar-refractivity contribution >= 4 is 17.4 Å². The number of alkyl halides is 1. The summed E-state index contributed by atoms with van der Waals surface area (Å²) >= 11 is 5.75. The van der Waals surface area contributed by atoms with Gasteiger partial charge in [-0.15, -0.1) is 11.6 Å². The Bertz CT molecular complexity index is 407. The van der Waals surface area contributed by atoms with Gasteiger partial charge in [0, 0.05) is 6.07 Å². The number of Topliss-reactive ketones (excluding diaryl/α,β-unsaturated/α-hetero) is 1. The third kappa shape index (κ3) is 2.50. The van der Waals surface area contributed by atoms with Crippen LogP contribution in [0.15, 0.2) is 12.1 Å². The summed E-state index contributed by atoms with van der Waals surface area (Å²) < 4.78 is 30.7. The van der Waals surface area contributed by atoms with Gasteiger partial charge in [-0.2, -0.15) is 0 Å². The van der Waals surface area contributed by atoms with Gasteiger partial charge in [-0.25, -0.2) is 8.78 Å². The molecule has 1 aromatic rings. The summed E-state index contributed by atoms with van der Waals surface area (Å²) in [6.07, 6.45) is 0.405. The van der Waals surface area contributed by atoms with Gasteiger partial charge < -0.3 is 4.74 Å². The molecule has 1 rings (SSSR count). The molecule has 0 saturated heterocycles. The van der Waals surface area contributed by atoms with E-state index in [1.54, 1.807) is 6.92 Å². The lowest BCUT2D eigenvalue weighted by molar-refractivity contribution is 0.0982. The molecule has 1 atom stereocenters. The van der Waals surface area contributed by atoms with Gasteiger partial charge in [0.05, 0.1) is 18.1 Å². The van der Waals surface area contributed by atoms with Gasteiger partial charge in [0.1, 0.15) is 5.75 Å². The molecule has 0 amide bonds. The van der Waals surface area contributed by atoms with Crippen LogP contribution in [0.25, 0.3) is 0 Å². The number of halogens is 3. The monoisotopic (exact) mass is 248 g/mol. The summed E-state index contributed by atoms with van der Waals surface area (Å²) in [7, 11) is 1.28. The molecule has 0 aliphatic rings. The minimum absolute atomic E-state index is 0.0111. The maximum atomic E-state index is 13.0. The lowest BCUT2D eigenvalue weighted by Crippen LogP contribution is -2.15. The summed E-state index contributed by atoms with van der Waals surface area (Å²) in [6.45, 7) is 1.72. The minimum Gasteiger partial charge on any atom is -0.496 e. The Hall–Kier alpha value is -1.16. The fraction of sp³-hybridized carbons (Fsp3) is 0.364. The normalized spacial score (nSPS) is 12.3. The zero-order valence-electron chi connectivity index (χ0n) is 8.89. The quantitative estimate of drug-likeness (QED) is 0.604. The van der Waals surface area contributed by atoms with E-state index in [0.717, 1.165) is 12.1 Å². The average molecular weight is 249 g/mol. The molecule has 88 valence electrons. The summed E-state index contributed by atoms with van der Waals surface area (Å²) in [4.78, 5) is 11.7. The number of rotatable bonds is 4. The number of hydrogen-bond acceptors (Lipinski definition) is 2. The fourth-order valence-electron chi connectivity index (χ4n) is 1.24. The number of ketones is 1. The molecule has 0 heterocycles. The molecule has 0 spiro atoms. The van der Waals surface area contributed by atoms with Gasteiger partial charge in [-0.1, -0.05) is 6.92 Å². The number of ether oxygens (including phenoxy) is 1. The largest absolute Gasteiger partial charge is 0.496 e. The van der Waals surface area contributed by atoms with E-state index in [-0.39, 0.29) is 11.3 Å². The van der Waals surface area contributed by atoms with Gasteiger partial charge in [0.25, 0.3) is 0 Å². The Labute approximate surface area is 97.2 Å². The van der Waals surface area contributed by atoms with E-state index in [1.165, 1.54) is 7.11 Å². The van der Waals surface area contributed by atoms with Crippen molar-refractivity contribution in [3.63, 3.8) is 0 Å². The van der Waals surface area contributed by atoms with Crippen molar-refractivity contribution in [2.24, 2.45) is 0 Å². The summed E-state index contributed by atoms with van der Waals surface area (Å²) in [6, 6.07) is 1.64. The Kier molecular flexibility index (Phi) is 4.24. The summed E-state index contributed by atoms with van der Waals surface area (Å²) in [5.41, 5.74) is -0.0387. The Morgan fingerprint density at radius 2 is 2.00 bits per heavy atom. The molecule has 0 bridgehead atoms. The van der Waals surface area contributed by atoms with E-state index in [4.69, 9.17) is 16.3 Å². The smallest absolute Gasteiger partial charge is 0.184 e. The lowest BCUT2D eigenvalue weighted by atomic mass is 10.1. The maximum absolute atomic E-state index is 13.0. The first kappa shape index (κ1) is 12.9. The Balaban J connectivity index is 3.21. The van der Waals surface area contributed by atoms with E-state index in [1.807, 2.05) is 0 Å². The fourth-order valence-corrected chi connectivity index (χ4v) is 1.36. The standard InChI is InChI=1S/C11H11ClF2O2/c1-3-7(12)11(15)6-4-8(13)9(14)5-10(6)16-2/h4-5,7H,3H2,1-2H3. The number of benzene rings is 1. The summed E-state index contributed by atoms with van der Waals surface area (Å²) in [5.74, 6) is -2.64. The highest BCUT2D eigenvalue weighted by Gasteiger charge is 2.21. The van der Waals surface area contributed by atoms with Crippen LogP contribution in [0.1, 0.15) is 23.7 Å². The van der Waals surface area contributed by atoms with Crippen LogP contribution in [0, 0.1) is 11.6 Å². The number of carbonyl (C=O) groups excluding carboxylic acids is 1. The van der Waals surface area contributed by atoms with Gasteiger partial charge in [0.15, 0.2) is 17.4 Å². The van der Waals surface area contributed by atoms with E-state index in [9.17, 15) is 13.6 Å². The SMILES string of the molecule is CCC(Cl)C(=O)c1cc(F)c(F)cc1OC. The van der Waals surface area contributed by atoms with Crippen LogP contribution in [0.3, 0.4) is 0 Å². The number of methoxy groups -OCH3 is 1. The van der Waals surface area contributed by atoms with E-state index < -0.39 is 22.8 Å². The maximum Gasteiger partial charge on any atom is 0.184 e. The topological polar surface area (TPSA) is 26.3 Å². The lowest BCUT2D eigenvalue weighted by Gasteiger charge is -2.10. The molecule has 0 aliphatic heterocycles. The van der Waals surface area contributed by atoms with Crippen LogP contribution in [-0.4, -0.2) is 18.3 Å². The predicted molar refractivity (Wildman–Crippen MR) is 57.2 cm³/mol. The highest BCUT2D eigenvalue weighted by atomic mass is 35.5. The van der Waals surface area contributed by atoms with E-state index in [0.29, 0.717) is 6.42 Å². The second kappa shape index (κ2) is 5.25. The van der Waals surface area contributed by atoms with Crippen LogP contribution >= 0.6 is 11.6 Å². The van der Waals surface area contributed by atoms with Gasteiger partial charge in [-0.3, -0.25) is 4.79 Å². The number of carbonyl (C=O) groups is 1. The third-order valence-corrected chi connectivity index (χ3v) is 2.66. The molecule has 16 heavy (non-hydrogen) atoms. The molecular weight excluding hydrogens is 238 g/mol. The van der Waals surface area contributed by atoms with Crippen LogP contribution in [0.4, 0.5) is 8.78 Å². The molecule has 1 aromatic carbocycles. The molecular formula is C11H11ClF2O2. The molecule has 0 aromatic heterocycles. The molecule has 0 saturated carbocycles. The zero-order chi connectivity index (χ0) is 12.3. The van der Waals surface area contributed by atoms with Crippen molar-refractivity contribution in [1.29, 1.82) is 0 Å². The first-order valence-corrected chi connectivity index (χ1v) is 5.16. The number of hydrogen-bond donors (Lipinski definition) is 0. The first-order valence-electron chi connectivity index (χ1n) is 4.72. The minimum atomic E-state index is -1.09. The highest BCUT2D eigenvalue weighted by molar-refractivity contribution is 6.34. The average Bonchev–Trinajstić information content (AvgIpc) is 2.30. The molecule has 5 heteroatoms. The van der Waals surface area contributed by atoms with Crippen molar-refractivity contribution in [1.82, 2.24) is 0 Å². The van der Waals surface area contributed by atoms with Gasteiger partial charge >= 0.3 is 0 Å². The molecule has 0 aliphatic carbocycles. The summed E-state index contributed by atoms with van der Waals surface area (Å²) in [5, 5.41) is -0.765. The second-order valence-electron chi connectivity index (χ2n) is 3.21. The highest BCUT2D eigenvalue weighted by Crippen LogP contribution is 2.25. The predicted octanol–water partition coefficient (Wildman–Crippen LogP) is 3.17. The van der Waals surface area contributed by atoms with Crippen molar-refractivity contribution in [2.75, 3.05) is 7.11 Å². The van der Waals surface area contributed by atoms with Crippen molar-refractivity contribution in [3.05, 3.63) is 29.3 Å². The van der Waals surface area contributed by atoms with E-state index >= 15 is 0 Å². The van der Waals surface area contributed by atoms with Crippen molar-refractivity contribution < 1.29 is 18.3 Å². The van der Waals surface area contributed by atoms with Crippen LogP contribution < -0.4 is 4.74 Å². The van der Waals surface area contributed by atoms with E-state index in [2.05, 4.69) is 0 Å². The van der Waals surface area contributed by atoms with Crippen LogP contribution in [0.5, 0.6) is 5.75 Å². The van der Waals surface area contributed by atoms with Crippen molar-refractivity contribution in [2.45, 2.75) is 18.7 Å². The third-order valence-electron chi connectivity index (χ3n) is 2.15. The van der Waals surface area contributed by atoms with Crippen LogP contribution in [0.2, 0.25) is 0 Å². The Morgan fingerprint density at radius 1 is 1.44 bits per heavy atom. The molecule has 0 fully saturated rings. The zero-order valence-corrected chi connectivity index (χ0v) is 9.65. The first-order chi connectivity index (χ1) is 7.51. The van der Waals surface area contributed by atoms with Crippen molar-refractivity contribution in [3.8, 4) is 5.75 Å². The molecule has 0 N–H and O–H groups in total. The molecule has 0 radical (unpaired) electrons. The second-order valence-corrected chi connectivity index (χ2v) is 3.73.